The van der Waals surface area contributed by atoms with Gasteiger partial charge in [-0.1, -0.05) is 27.7 Å². The van der Waals surface area contributed by atoms with Crippen LogP contribution in [0.2, 0.25) is 0 Å². The van der Waals surface area contributed by atoms with Gasteiger partial charge in [-0.25, -0.2) is 0 Å². The minimum absolute atomic E-state index is 0.0752. The van der Waals surface area contributed by atoms with Crippen molar-refractivity contribution in [3.8, 4) is 0 Å². The third-order valence-electron chi connectivity index (χ3n) is 1.86. The van der Waals surface area contributed by atoms with Crippen LogP contribution in [0, 0.1) is 11.8 Å². The molecule has 0 saturated carbocycles. The van der Waals surface area contributed by atoms with Gasteiger partial charge < -0.3 is 10.1 Å². The average Bonchev–Trinajstić information content (AvgIpc) is 2.10. The summed E-state index contributed by atoms with van der Waals surface area (Å²) in [4.78, 5) is 11.2. The van der Waals surface area contributed by atoms with E-state index in [0.29, 0.717) is 19.3 Å². The summed E-state index contributed by atoms with van der Waals surface area (Å²) in [6, 6.07) is 0. The molecule has 1 atom stereocenters. The summed E-state index contributed by atoms with van der Waals surface area (Å²) in [5, 5.41) is 2.73. The molecule has 0 saturated heterocycles. The first-order valence-electron chi connectivity index (χ1n) is 4.93. The minimum atomic E-state index is 0.0752. The Morgan fingerprint density at radius 1 is 1.38 bits per heavy atom. The lowest BCUT2D eigenvalue weighted by molar-refractivity contribution is -0.126. The molecule has 1 unspecified atom stereocenters. The predicted octanol–water partition coefficient (Wildman–Crippen LogP) is 1.78. The second kappa shape index (κ2) is 6.89. The molecule has 3 heteroatoms. The van der Waals surface area contributed by atoms with Gasteiger partial charge in [-0.05, 0) is 12.3 Å². The summed E-state index contributed by atoms with van der Waals surface area (Å²) < 4.78 is 5.23. The van der Waals surface area contributed by atoms with Gasteiger partial charge in [-0.3, -0.25) is 4.79 Å². The molecule has 1 N–H and O–H groups in total. The zero-order chi connectivity index (χ0) is 10.3. The number of nitrogens with one attached hydrogen (secondary N) is 1. The standard InChI is InChI=1S/C10H21NO2/c1-5-9(4)10(12)11-7-13-6-8(2)3/h8-9H,5-7H2,1-4H3,(H,11,12). The van der Waals surface area contributed by atoms with Crippen LogP contribution in [0.1, 0.15) is 34.1 Å². The second-order valence-electron chi connectivity index (χ2n) is 3.76. The molecule has 0 aliphatic carbocycles. The SMILES string of the molecule is CCC(C)C(=O)NCOCC(C)C. The topological polar surface area (TPSA) is 38.3 Å². The zero-order valence-corrected chi connectivity index (χ0v) is 9.09. The molecule has 0 bridgehead atoms. The molecule has 0 rings (SSSR count). The van der Waals surface area contributed by atoms with Gasteiger partial charge >= 0.3 is 0 Å². The summed E-state index contributed by atoms with van der Waals surface area (Å²) in [6.45, 7) is 9.10. The van der Waals surface area contributed by atoms with Gasteiger partial charge in [-0.15, -0.1) is 0 Å². The van der Waals surface area contributed by atoms with Crippen LogP contribution < -0.4 is 5.32 Å². The molecular weight excluding hydrogens is 166 g/mol. The molecule has 0 radical (unpaired) electrons. The van der Waals surface area contributed by atoms with E-state index in [1.165, 1.54) is 0 Å². The molecule has 0 aromatic rings. The lowest BCUT2D eigenvalue weighted by atomic mass is 10.1. The van der Waals surface area contributed by atoms with Gasteiger partial charge in [0.2, 0.25) is 5.91 Å². The van der Waals surface area contributed by atoms with Gasteiger partial charge in [-0.2, -0.15) is 0 Å². The Labute approximate surface area is 80.8 Å². The Bertz CT molecular complexity index is 146. The number of amides is 1. The van der Waals surface area contributed by atoms with Crippen LogP contribution in [0.3, 0.4) is 0 Å². The van der Waals surface area contributed by atoms with Crippen LogP contribution in [0.5, 0.6) is 0 Å². The molecular formula is C10H21NO2. The number of rotatable bonds is 6. The molecule has 0 aliphatic heterocycles. The van der Waals surface area contributed by atoms with E-state index in [1.54, 1.807) is 0 Å². The molecule has 13 heavy (non-hydrogen) atoms. The lowest BCUT2D eigenvalue weighted by Crippen LogP contribution is -2.31. The molecule has 0 heterocycles. The molecule has 3 nitrogen and oxygen atoms in total. The Balaban J connectivity index is 3.37. The van der Waals surface area contributed by atoms with E-state index in [-0.39, 0.29) is 11.8 Å². The lowest BCUT2D eigenvalue weighted by Gasteiger charge is -2.11. The summed E-state index contributed by atoms with van der Waals surface area (Å²) in [5.74, 6) is 0.675. The molecule has 1 amide bonds. The zero-order valence-electron chi connectivity index (χ0n) is 9.09. The van der Waals surface area contributed by atoms with Crippen LogP contribution in [0.15, 0.2) is 0 Å². The first kappa shape index (κ1) is 12.4. The number of carbonyl (C=O) groups excluding carboxylic acids is 1. The summed E-state index contributed by atoms with van der Waals surface area (Å²) in [6.07, 6.45) is 0.871. The third kappa shape index (κ3) is 6.58. The van der Waals surface area contributed by atoms with E-state index >= 15 is 0 Å². The van der Waals surface area contributed by atoms with Crippen molar-refractivity contribution in [2.75, 3.05) is 13.3 Å². The van der Waals surface area contributed by atoms with Crippen LogP contribution in [-0.4, -0.2) is 19.2 Å². The largest absolute Gasteiger partial charge is 0.361 e. The van der Waals surface area contributed by atoms with Crippen LogP contribution in [0.4, 0.5) is 0 Å². The van der Waals surface area contributed by atoms with Gasteiger partial charge in [0.05, 0.1) is 6.61 Å². The summed E-state index contributed by atoms with van der Waals surface area (Å²) >= 11 is 0. The summed E-state index contributed by atoms with van der Waals surface area (Å²) in [7, 11) is 0. The van der Waals surface area contributed by atoms with Crippen molar-refractivity contribution < 1.29 is 9.53 Å². The quantitative estimate of drug-likeness (QED) is 0.508. The molecule has 0 aromatic carbocycles. The van der Waals surface area contributed by atoms with E-state index in [0.717, 1.165) is 6.42 Å². The van der Waals surface area contributed by atoms with Crippen molar-refractivity contribution in [1.82, 2.24) is 5.32 Å². The minimum Gasteiger partial charge on any atom is -0.361 e. The average molecular weight is 187 g/mol. The molecule has 0 aliphatic rings. The van der Waals surface area contributed by atoms with E-state index in [2.05, 4.69) is 19.2 Å². The van der Waals surface area contributed by atoms with Gasteiger partial charge in [0.1, 0.15) is 6.73 Å². The highest BCUT2D eigenvalue weighted by Gasteiger charge is 2.08. The molecule has 78 valence electrons. The Kier molecular flexibility index (Phi) is 6.59. The maximum absolute atomic E-state index is 11.2. The number of ether oxygens (including phenoxy) is 1. The predicted molar refractivity (Wildman–Crippen MR) is 53.3 cm³/mol. The smallest absolute Gasteiger partial charge is 0.224 e. The highest BCUT2D eigenvalue weighted by molar-refractivity contribution is 5.77. The first-order chi connectivity index (χ1) is 6.07. The van der Waals surface area contributed by atoms with Crippen molar-refractivity contribution in [1.29, 1.82) is 0 Å². The van der Waals surface area contributed by atoms with Crippen LogP contribution in [-0.2, 0) is 9.53 Å². The van der Waals surface area contributed by atoms with Crippen LogP contribution in [0.25, 0.3) is 0 Å². The third-order valence-corrected chi connectivity index (χ3v) is 1.86. The Hall–Kier alpha value is -0.570. The Morgan fingerprint density at radius 3 is 2.46 bits per heavy atom. The fourth-order valence-corrected chi connectivity index (χ4v) is 0.776. The normalized spacial score (nSPS) is 13.0. The highest BCUT2D eigenvalue weighted by Crippen LogP contribution is 1.99. The molecule has 0 fully saturated rings. The van der Waals surface area contributed by atoms with E-state index in [9.17, 15) is 4.79 Å². The Morgan fingerprint density at radius 2 is 2.00 bits per heavy atom. The second-order valence-corrected chi connectivity index (χ2v) is 3.76. The van der Waals surface area contributed by atoms with Crippen molar-refractivity contribution >= 4 is 5.91 Å². The van der Waals surface area contributed by atoms with E-state index in [4.69, 9.17) is 4.74 Å². The van der Waals surface area contributed by atoms with Crippen molar-refractivity contribution in [3.05, 3.63) is 0 Å². The van der Waals surface area contributed by atoms with Gasteiger partial charge in [0.25, 0.3) is 0 Å². The van der Waals surface area contributed by atoms with E-state index in [1.807, 2.05) is 13.8 Å². The number of carbonyl (C=O) groups is 1. The summed E-state index contributed by atoms with van der Waals surface area (Å²) in [5.41, 5.74) is 0. The van der Waals surface area contributed by atoms with Crippen LogP contribution >= 0.6 is 0 Å². The van der Waals surface area contributed by atoms with Crippen molar-refractivity contribution in [2.45, 2.75) is 34.1 Å². The van der Waals surface area contributed by atoms with Gasteiger partial charge in [0, 0.05) is 5.92 Å². The maximum Gasteiger partial charge on any atom is 0.224 e. The first-order valence-corrected chi connectivity index (χ1v) is 4.93. The van der Waals surface area contributed by atoms with Gasteiger partial charge in [0.15, 0.2) is 0 Å². The number of hydrogen-bond acceptors (Lipinski definition) is 2. The van der Waals surface area contributed by atoms with E-state index < -0.39 is 0 Å². The monoisotopic (exact) mass is 187 g/mol. The molecule has 0 aromatic heterocycles. The molecule has 0 spiro atoms. The van der Waals surface area contributed by atoms with Crippen molar-refractivity contribution in [2.24, 2.45) is 11.8 Å². The number of hydrogen-bond donors (Lipinski definition) is 1. The fourth-order valence-electron chi connectivity index (χ4n) is 0.776. The van der Waals surface area contributed by atoms with Crippen molar-refractivity contribution in [3.63, 3.8) is 0 Å². The fraction of sp³-hybridized carbons (Fsp3) is 0.900. The highest BCUT2D eigenvalue weighted by atomic mass is 16.5. The maximum atomic E-state index is 11.2.